The Balaban J connectivity index is 1.63. The minimum atomic E-state index is -0.411. The van der Waals surface area contributed by atoms with E-state index in [1.54, 1.807) is 30.5 Å². The average Bonchev–Trinajstić information content (AvgIpc) is 2.64. The number of aromatic nitrogens is 2. The highest BCUT2D eigenvalue weighted by Crippen LogP contribution is 2.21. The monoisotopic (exact) mass is 345 g/mol. The van der Waals surface area contributed by atoms with Gasteiger partial charge in [0.1, 0.15) is 11.6 Å². The highest BCUT2D eigenvalue weighted by Gasteiger charge is 2.22. The third-order valence-electron chi connectivity index (χ3n) is 4.06. The van der Waals surface area contributed by atoms with Gasteiger partial charge in [-0.05, 0) is 31.0 Å². The second kappa shape index (κ2) is 7.78. The molecule has 1 aliphatic rings. The highest BCUT2D eigenvalue weighted by atomic mass is 19.1. The fraction of sp³-hybridized carbons (Fsp3) is 0.353. The standard InChI is InChI=1S/C17H20FN5O2/c1-25-17(24)20-12-7-10-23(11-8-12)16-19-9-6-15(22-16)21-14-5-3-2-4-13(14)18/h2-6,9,12H,7-8,10-11H2,1H3,(H,20,24)(H,19,21,22). The van der Waals surface area contributed by atoms with Crippen molar-refractivity contribution in [2.24, 2.45) is 0 Å². The Kier molecular flexibility index (Phi) is 5.27. The van der Waals surface area contributed by atoms with Gasteiger partial charge >= 0.3 is 6.09 Å². The fourth-order valence-electron chi connectivity index (χ4n) is 2.72. The van der Waals surface area contributed by atoms with Gasteiger partial charge in [-0.1, -0.05) is 12.1 Å². The molecule has 7 nitrogen and oxygen atoms in total. The predicted molar refractivity (Wildman–Crippen MR) is 92.5 cm³/mol. The van der Waals surface area contributed by atoms with E-state index in [9.17, 15) is 9.18 Å². The number of nitrogens with one attached hydrogen (secondary N) is 2. The zero-order chi connectivity index (χ0) is 17.6. The minimum Gasteiger partial charge on any atom is -0.453 e. The number of carbonyl (C=O) groups is 1. The van der Waals surface area contributed by atoms with Crippen LogP contribution in [0.25, 0.3) is 0 Å². The van der Waals surface area contributed by atoms with Crippen molar-refractivity contribution in [1.29, 1.82) is 0 Å². The van der Waals surface area contributed by atoms with E-state index in [0.29, 0.717) is 17.5 Å². The fourth-order valence-corrected chi connectivity index (χ4v) is 2.72. The van der Waals surface area contributed by atoms with Crippen LogP contribution in [0.4, 0.5) is 26.6 Å². The van der Waals surface area contributed by atoms with Crippen molar-refractivity contribution < 1.29 is 13.9 Å². The van der Waals surface area contributed by atoms with Crippen LogP contribution in [0.1, 0.15) is 12.8 Å². The van der Waals surface area contributed by atoms with Gasteiger partial charge in [0.2, 0.25) is 5.95 Å². The molecule has 1 saturated heterocycles. The van der Waals surface area contributed by atoms with Gasteiger partial charge in [-0.2, -0.15) is 4.98 Å². The van der Waals surface area contributed by atoms with Gasteiger partial charge in [-0.25, -0.2) is 14.2 Å². The van der Waals surface area contributed by atoms with Gasteiger partial charge in [-0.3, -0.25) is 0 Å². The van der Waals surface area contributed by atoms with Crippen LogP contribution in [0.2, 0.25) is 0 Å². The molecule has 0 radical (unpaired) electrons. The smallest absolute Gasteiger partial charge is 0.407 e. The molecule has 2 heterocycles. The first-order valence-electron chi connectivity index (χ1n) is 8.10. The molecule has 1 amide bonds. The lowest BCUT2D eigenvalue weighted by molar-refractivity contribution is 0.164. The maximum Gasteiger partial charge on any atom is 0.407 e. The van der Waals surface area contributed by atoms with Crippen LogP contribution in [-0.4, -0.2) is 42.3 Å². The number of ether oxygens (including phenoxy) is 1. The van der Waals surface area contributed by atoms with Crippen molar-refractivity contribution in [1.82, 2.24) is 15.3 Å². The molecule has 8 heteroatoms. The lowest BCUT2D eigenvalue weighted by Crippen LogP contribution is -2.45. The van der Waals surface area contributed by atoms with Crippen LogP contribution in [0.3, 0.4) is 0 Å². The van der Waals surface area contributed by atoms with E-state index in [2.05, 4.69) is 25.3 Å². The summed E-state index contributed by atoms with van der Waals surface area (Å²) < 4.78 is 18.4. The van der Waals surface area contributed by atoms with Gasteiger partial charge in [0.05, 0.1) is 12.8 Å². The number of hydrogen-bond acceptors (Lipinski definition) is 6. The number of anilines is 3. The van der Waals surface area contributed by atoms with E-state index >= 15 is 0 Å². The van der Waals surface area contributed by atoms with Crippen molar-refractivity contribution in [3.8, 4) is 0 Å². The summed E-state index contributed by atoms with van der Waals surface area (Å²) in [7, 11) is 1.35. The summed E-state index contributed by atoms with van der Waals surface area (Å²) in [6.45, 7) is 1.44. The first-order chi connectivity index (χ1) is 12.2. The van der Waals surface area contributed by atoms with E-state index < -0.39 is 6.09 Å². The molecule has 2 N–H and O–H groups in total. The largest absolute Gasteiger partial charge is 0.453 e. The summed E-state index contributed by atoms with van der Waals surface area (Å²) in [6, 6.07) is 8.22. The van der Waals surface area contributed by atoms with Gasteiger partial charge in [-0.15, -0.1) is 0 Å². The SMILES string of the molecule is COC(=O)NC1CCN(c2nccc(Nc3ccccc3F)n2)CC1. The third kappa shape index (κ3) is 4.34. The van der Waals surface area contributed by atoms with Crippen LogP contribution < -0.4 is 15.5 Å². The Morgan fingerprint density at radius 2 is 2.04 bits per heavy atom. The predicted octanol–water partition coefficient (Wildman–Crippen LogP) is 2.68. The number of benzene rings is 1. The second-order valence-electron chi connectivity index (χ2n) is 5.74. The summed E-state index contributed by atoms with van der Waals surface area (Å²) in [6.07, 6.45) is 2.79. The molecule has 0 bridgehead atoms. The molecule has 25 heavy (non-hydrogen) atoms. The number of nitrogens with zero attached hydrogens (tertiary/aromatic N) is 3. The zero-order valence-electron chi connectivity index (χ0n) is 13.9. The highest BCUT2D eigenvalue weighted by molar-refractivity contribution is 5.67. The normalized spacial score (nSPS) is 14.9. The van der Waals surface area contributed by atoms with Crippen LogP contribution in [0.15, 0.2) is 36.5 Å². The number of methoxy groups -OCH3 is 1. The van der Waals surface area contributed by atoms with Crippen molar-refractivity contribution in [2.75, 3.05) is 30.4 Å². The van der Waals surface area contributed by atoms with E-state index in [1.807, 2.05) is 4.90 Å². The summed E-state index contributed by atoms with van der Waals surface area (Å²) in [5, 5.41) is 5.78. The van der Waals surface area contributed by atoms with E-state index in [4.69, 9.17) is 0 Å². The van der Waals surface area contributed by atoms with Crippen LogP contribution >= 0.6 is 0 Å². The summed E-state index contributed by atoms with van der Waals surface area (Å²) in [5.74, 6) is 0.778. The number of para-hydroxylation sites is 1. The lowest BCUT2D eigenvalue weighted by atomic mass is 10.1. The van der Waals surface area contributed by atoms with Crippen molar-refractivity contribution in [3.63, 3.8) is 0 Å². The van der Waals surface area contributed by atoms with Gasteiger partial charge in [0.15, 0.2) is 0 Å². The Morgan fingerprint density at radius 3 is 2.76 bits per heavy atom. The van der Waals surface area contributed by atoms with Crippen LogP contribution in [0, 0.1) is 5.82 Å². The maximum atomic E-state index is 13.7. The Morgan fingerprint density at radius 1 is 1.28 bits per heavy atom. The number of piperidine rings is 1. The number of carbonyl (C=O) groups excluding carboxylic acids is 1. The molecule has 0 aliphatic carbocycles. The third-order valence-corrected chi connectivity index (χ3v) is 4.06. The average molecular weight is 345 g/mol. The molecule has 0 spiro atoms. The number of halogens is 1. The van der Waals surface area contributed by atoms with Crippen molar-refractivity contribution in [2.45, 2.75) is 18.9 Å². The molecular weight excluding hydrogens is 325 g/mol. The van der Waals surface area contributed by atoms with Crippen molar-refractivity contribution >= 4 is 23.5 Å². The minimum absolute atomic E-state index is 0.0865. The molecule has 3 rings (SSSR count). The van der Waals surface area contributed by atoms with Crippen LogP contribution in [0.5, 0.6) is 0 Å². The second-order valence-corrected chi connectivity index (χ2v) is 5.74. The van der Waals surface area contributed by atoms with Gasteiger partial charge in [0.25, 0.3) is 0 Å². The van der Waals surface area contributed by atoms with Crippen LogP contribution in [-0.2, 0) is 4.74 Å². The molecule has 0 unspecified atom stereocenters. The Hall–Kier alpha value is -2.90. The lowest BCUT2D eigenvalue weighted by Gasteiger charge is -2.32. The first kappa shape index (κ1) is 16.9. The number of amides is 1. The van der Waals surface area contributed by atoms with E-state index in [-0.39, 0.29) is 11.9 Å². The molecule has 1 aliphatic heterocycles. The summed E-state index contributed by atoms with van der Waals surface area (Å²) >= 11 is 0. The first-order valence-corrected chi connectivity index (χ1v) is 8.10. The molecule has 132 valence electrons. The number of rotatable bonds is 4. The maximum absolute atomic E-state index is 13.7. The molecule has 1 aromatic heterocycles. The quantitative estimate of drug-likeness (QED) is 0.887. The van der Waals surface area contributed by atoms with Gasteiger partial charge < -0.3 is 20.3 Å². The number of alkyl carbamates (subject to hydrolysis) is 1. The molecular formula is C17H20FN5O2. The molecule has 1 aromatic carbocycles. The zero-order valence-corrected chi connectivity index (χ0v) is 13.9. The topological polar surface area (TPSA) is 79.4 Å². The number of hydrogen-bond donors (Lipinski definition) is 2. The molecule has 1 fully saturated rings. The molecule has 2 aromatic rings. The van der Waals surface area contributed by atoms with Gasteiger partial charge in [0, 0.05) is 25.3 Å². The summed E-state index contributed by atoms with van der Waals surface area (Å²) in [4.78, 5) is 22.1. The van der Waals surface area contributed by atoms with E-state index in [0.717, 1.165) is 25.9 Å². The Bertz CT molecular complexity index is 734. The van der Waals surface area contributed by atoms with E-state index in [1.165, 1.54) is 13.2 Å². The summed E-state index contributed by atoms with van der Waals surface area (Å²) in [5.41, 5.74) is 0.369. The molecule has 0 atom stereocenters. The van der Waals surface area contributed by atoms with Crippen molar-refractivity contribution in [3.05, 3.63) is 42.3 Å². The molecule has 0 saturated carbocycles. The Labute approximate surface area is 145 Å².